The molecule has 1 N–H and O–H groups in total. The molecule has 2 aromatic carbocycles. The summed E-state index contributed by atoms with van der Waals surface area (Å²) in [6.45, 7) is 3.08. The first kappa shape index (κ1) is 15.8. The van der Waals surface area contributed by atoms with Gasteiger partial charge in [0.15, 0.2) is 0 Å². The summed E-state index contributed by atoms with van der Waals surface area (Å²) < 4.78 is 6.95. The standard InChI is InChI=1S/C17H17BrClNO2/c18-14-3-1-12(2-4-14)17-11-20(7-8-22-17)10-13-9-15(21)5-6-16(13)19/h1-6,9,17,21H,7-8,10-11H2. The highest BCUT2D eigenvalue weighted by molar-refractivity contribution is 9.10. The predicted molar refractivity (Wildman–Crippen MR) is 91.2 cm³/mol. The molecular formula is C17H17BrClNO2. The summed E-state index contributed by atoms with van der Waals surface area (Å²) in [5.41, 5.74) is 2.12. The van der Waals surface area contributed by atoms with Gasteiger partial charge in [0, 0.05) is 29.1 Å². The fourth-order valence-electron chi connectivity index (χ4n) is 2.65. The molecule has 3 nitrogen and oxygen atoms in total. The minimum atomic E-state index is 0.0675. The van der Waals surface area contributed by atoms with Gasteiger partial charge in [0.1, 0.15) is 5.75 Å². The molecular weight excluding hydrogens is 366 g/mol. The summed E-state index contributed by atoms with van der Waals surface area (Å²) in [7, 11) is 0. The lowest BCUT2D eigenvalue weighted by molar-refractivity contribution is -0.0329. The van der Waals surface area contributed by atoms with E-state index in [1.807, 2.05) is 12.1 Å². The second-order valence-electron chi connectivity index (χ2n) is 5.42. The Morgan fingerprint density at radius 3 is 2.77 bits per heavy atom. The molecule has 1 fully saturated rings. The molecule has 5 heteroatoms. The first-order valence-corrected chi connectivity index (χ1v) is 8.36. The first-order valence-electron chi connectivity index (χ1n) is 7.18. The number of phenolic OH excluding ortho intramolecular Hbond substituents is 1. The molecule has 1 aliphatic rings. The van der Waals surface area contributed by atoms with E-state index in [4.69, 9.17) is 16.3 Å². The van der Waals surface area contributed by atoms with Crippen molar-refractivity contribution in [3.8, 4) is 5.75 Å². The molecule has 22 heavy (non-hydrogen) atoms. The lowest BCUT2D eigenvalue weighted by Gasteiger charge is -2.33. The fourth-order valence-corrected chi connectivity index (χ4v) is 3.09. The van der Waals surface area contributed by atoms with Gasteiger partial charge in [-0.25, -0.2) is 0 Å². The van der Waals surface area contributed by atoms with Gasteiger partial charge in [-0.15, -0.1) is 0 Å². The van der Waals surface area contributed by atoms with Crippen molar-refractivity contribution in [3.05, 3.63) is 63.1 Å². The predicted octanol–water partition coefficient (Wildman–Crippen LogP) is 4.38. The van der Waals surface area contributed by atoms with E-state index in [2.05, 4.69) is 33.0 Å². The highest BCUT2D eigenvalue weighted by Crippen LogP contribution is 2.27. The van der Waals surface area contributed by atoms with E-state index < -0.39 is 0 Å². The van der Waals surface area contributed by atoms with E-state index in [0.717, 1.165) is 23.1 Å². The van der Waals surface area contributed by atoms with Crippen LogP contribution in [0.25, 0.3) is 0 Å². The minimum absolute atomic E-state index is 0.0675. The minimum Gasteiger partial charge on any atom is -0.508 e. The smallest absolute Gasteiger partial charge is 0.116 e. The molecule has 2 aromatic rings. The zero-order valence-electron chi connectivity index (χ0n) is 12.0. The van der Waals surface area contributed by atoms with Crippen molar-refractivity contribution in [2.24, 2.45) is 0 Å². The van der Waals surface area contributed by atoms with E-state index in [-0.39, 0.29) is 11.9 Å². The van der Waals surface area contributed by atoms with Gasteiger partial charge in [-0.3, -0.25) is 4.90 Å². The maximum atomic E-state index is 9.62. The van der Waals surface area contributed by atoms with Crippen LogP contribution in [-0.4, -0.2) is 29.7 Å². The fraction of sp³-hybridized carbons (Fsp3) is 0.294. The number of hydrogen-bond donors (Lipinski definition) is 1. The molecule has 1 unspecified atom stereocenters. The number of halogens is 2. The molecule has 0 radical (unpaired) electrons. The monoisotopic (exact) mass is 381 g/mol. The molecule has 1 atom stereocenters. The second-order valence-corrected chi connectivity index (χ2v) is 6.74. The summed E-state index contributed by atoms with van der Waals surface area (Å²) >= 11 is 9.66. The van der Waals surface area contributed by atoms with Crippen molar-refractivity contribution < 1.29 is 9.84 Å². The number of ether oxygens (including phenoxy) is 1. The summed E-state index contributed by atoms with van der Waals surface area (Å²) in [6.07, 6.45) is 0.0675. The third-order valence-corrected chi connectivity index (χ3v) is 4.71. The van der Waals surface area contributed by atoms with Crippen LogP contribution in [0.3, 0.4) is 0 Å². The van der Waals surface area contributed by atoms with Crippen LogP contribution >= 0.6 is 27.5 Å². The zero-order valence-corrected chi connectivity index (χ0v) is 14.3. The largest absolute Gasteiger partial charge is 0.508 e. The number of hydrogen-bond acceptors (Lipinski definition) is 3. The van der Waals surface area contributed by atoms with Crippen LogP contribution in [0, 0.1) is 0 Å². The number of nitrogens with zero attached hydrogens (tertiary/aromatic N) is 1. The van der Waals surface area contributed by atoms with Gasteiger partial charge in [0.05, 0.1) is 12.7 Å². The van der Waals surface area contributed by atoms with Gasteiger partial charge in [0.25, 0.3) is 0 Å². The van der Waals surface area contributed by atoms with Crippen LogP contribution in [0.4, 0.5) is 0 Å². The lowest BCUT2D eigenvalue weighted by atomic mass is 10.1. The Hall–Kier alpha value is -1.07. The van der Waals surface area contributed by atoms with Crippen molar-refractivity contribution in [1.82, 2.24) is 4.90 Å². The van der Waals surface area contributed by atoms with Crippen LogP contribution < -0.4 is 0 Å². The molecule has 0 aromatic heterocycles. The van der Waals surface area contributed by atoms with Gasteiger partial charge in [-0.05, 0) is 41.5 Å². The van der Waals surface area contributed by atoms with E-state index in [1.54, 1.807) is 18.2 Å². The Morgan fingerprint density at radius 1 is 1.23 bits per heavy atom. The van der Waals surface area contributed by atoms with Gasteiger partial charge in [0.2, 0.25) is 0 Å². The molecule has 0 aliphatic carbocycles. The van der Waals surface area contributed by atoms with Crippen LogP contribution in [-0.2, 0) is 11.3 Å². The molecule has 1 heterocycles. The van der Waals surface area contributed by atoms with Crippen LogP contribution in [0.5, 0.6) is 5.75 Å². The highest BCUT2D eigenvalue weighted by Gasteiger charge is 2.22. The normalized spacial score (nSPS) is 19.3. The van der Waals surface area contributed by atoms with Crippen LogP contribution in [0.15, 0.2) is 46.9 Å². The number of morpholine rings is 1. The number of benzene rings is 2. The third kappa shape index (κ3) is 3.82. The van der Waals surface area contributed by atoms with Crippen molar-refractivity contribution in [3.63, 3.8) is 0 Å². The Morgan fingerprint density at radius 2 is 2.00 bits per heavy atom. The molecule has 0 bridgehead atoms. The molecule has 0 spiro atoms. The molecule has 0 saturated carbocycles. The quantitative estimate of drug-likeness (QED) is 0.855. The lowest BCUT2D eigenvalue weighted by Crippen LogP contribution is -2.37. The summed E-state index contributed by atoms with van der Waals surface area (Å²) in [6, 6.07) is 13.3. The van der Waals surface area contributed by atoms with Crippen molar-refractivity contribution in [2.75, 3.05) is 19.7 Å². The average Bonchev–Trinajstić information content (AvgIpc) is 2.52. The molecule has 3 rings (SSSR count). The van der Waals surface area contributed by atoms with Crippen LogP contribution in [0.2, 0.25) is 5.02 Å². The Labute approximate surface area is 143 Å². The summed E-state index contributed by atoms with van der Waals surface area (Å²) in [5.74, 6) is 0.247. The maximum Gasteiger partial charge on any atom is 0.116 e. The van der Waals surface area contributed by atoms with Gasteiger partial charge in [-0.2, -0.15) is 0 Å². The average molecular weight is 383 g/mol. The highest BCUT2D eigenvalue weighted by atomic mass is 79.9. The third-order valence-electron chi connectivity index (χ3n) is 3.82. The molecule has 1 aliphatic heterocycles. The number of aromatic hydroxyl groups is 1. The molecule has 116 valence electrons. The summed E-state index contributed by atoms with van der Waals surface area (Å²) in [4.78, 5) is 2.30. The van der Waals surface area contributed by atoms with E-state index in [0.29, 0.717) is 18.2 Å². The van der Waals surface area contributed by atoms with Gasteiger partial charge in [-0.1, -0.05) is 39.7 Å². The van der Waals surface area contributed by atoms with Gasteiger partial charge < -0.3 is 9.84 Å². The summed E-state index contributed by atoms with van der Waals surface area (Å²) in [5, 5.41) is 10.3. The zero-order chi connectivity index (χ0) is 15.5. The van der Waals surface area contributed by atoms with Crippen LogP contribution in [0.1, 0.15) is 17.2 Å². The Bertz CT molecular complexity index is 648. The van der Waals surface area contributed by atoms with E-state index >= 15 is 0 Å². The first-order chi connectivity index (χ1) is 10.6. The Kier molecular flexibility index (Phi) is 5.03. The Balaban J connectivity index is 1.70. The van der Waals surface area contributed by atoms with Crippen molar-refractivity contribution >= 4 is 27.5 Å². The van der Waals surface area contributed by atoms with E-state index in [1.165, 1.54) is 5.56 Å². The SMILES string of the molecule is Oc1ccc(Cl)c(CN2CCOC(c3ccc(Br)cc3)C2)c1. The number of phenols is 1. The van der Waals surface area contributed by atoms with Crippen molar-refractivity contribution in [1.29, 1.82) is 0 Å². The second kappa shape index (κ2) is 7.01. The number of rotatable bonds is 3. The van der Waals surface area contributed by atoms with E-state index in [9.17, 15) is 5.11 Å². The topological polar surface area (TPSA) is 32.7 Å². The molecule has 1 saturated heterocycles. The van der Waals surface area contributed by atoms with Gasteiger partial charge >= 0.3 is 0 Å². The molecule has 0 amide bonds. The maximum absolute atomic E-state index is 9.62. The van der Waals surface area contributed by atoms with Crippen molar-refractivity contribution in [2.45, 2.75) is 12.6 Å².